The van der Waals surface area contributed by atoms with Crippen molar-refractivity contribution in [3.63, 3.8) is 0 Å². The Morgan fingerprint density at radius 3 is 1.77 bits per heavy atom. The number of aromatic nitrogens is 4. The number of rotatable bonds is 4. The average molecular weight is 679 g/mol. The molecule has 0 spiro atoms. The number of fused-ring (bicyclic) bond motifs is 10. The van der Waals surface area contributed by atoms with Crippen LogP contribution in [0, 0.1) is 0 Å². The van der Waals surface area contributed by atoms with E-state index >= 15 is 0 Å². The van der Waals surface area contributed by atoms with Crippen LogP contribution in [0.15, 0.2) is 170 Å². The lowest BCUT2D eigenvalue weighted by Gasteiger charge is -2.22. The summed E-state index contributed by atoms with van der Waals surface area (Å²) in [7, 11) is 0. The number of para-hydroxylation sites is 3. The lowest BCUT2D eigenvalue weighted by Crippen LogP contribution is -2.15. The fraction of sp³-hybridized carbons (Fsp3) is 0.0612. The number of hydrogen-bond donors (Lipinski definition) is 0. The van der Waals surface area contributed by atoms with E-state index in [2.05, 4.69) is 175 Å². The molecule has 250 valence electrons. The molecule has 0 fully saturated rings. The van der Waals surface area contributed by atoms with Gasteiger partial charge in [-0.05, 0) is 58.7 Å². The zero-order valence-electron chi connectivity index (χ0n) is 29.5. The molecule has 0 radical (unpaired) electrons. The molecule has 3 heterocycles. The maximum atomic E-state index is 5.20. The van der Waals surface area contributed by atoms with Gasteiger partial charge >= 0.3 is 0 Å². The molecule has 0 amide bonds. The normalized spacial score (nSPS) is 13.2. The van der Waals surface area contributed by atoms with Crippen molar-refractivity contribution >= 4 is 43.6 Å². The van der Waals surface area contributed by atoms with E-state index in [0.29, 0.717) is 5.82 Å². The van der Waals surface area contributed by atoms with Crippen LogP contribution >= 0.6 is 0 Å². The second-order valence-electron chi connectivity index (χ2n) is 14.6. The van der Waals surface area contributed by atoms with Gasteiger partial charge < -0.3 is 4.57 Å². The van der Waals surface area contributed by atoms with Gasteiger partial charge in [0.1, 0.15) is 5.82 Å². The number of benzene rings is 7. The first kappa shape index (κ1) is 29.9. The first-order valence-electron chi connectivity index (χ1n) is 18.3. The van der Waals surface area contributed by atoms with Crippen molar-refractivity contribution < 1.29 is 0 Å². The smallest absolute Gasteiger partial charge is 0.162 e. The minimum absolute atomic E-state index is 0.109. The summed E-state index contributed by atoms with van der Waals surface area (Å²) in [4.78, 5) is 10.4. The van der Waals surface area contributed by atoms with E-state index in [1.165, 1.54) is 54.8 Å². The van der Waals surface area contributed by atoms with Crippen LogP contribution in [0.5, 0.6) is 0 Å². The highest BCUT2D eigenvalue weighted by Crippen LogP contribution is 2.53. The van der Waals surface area contributed by atoms with Gasteiger partial charge in [-0.1, -0.05) is 141 Å². The van der Waals surface area contributed by atoms with Crippen molar-refractivity contribution in [2.75, 3.05) is 0 Å². The SMILES string of the molecule is CC1(C)c2ccccc2-c2ccc3c(c21)c1ccccc1n3-c1ccc(-c2cc(-n3c4ccccc4c4ccccc43)nc(-c3ccccc3)n2)cc1. The lowest BCUT2D eigenvalue weighted by molar-refractivity contribution is 0.666. The maximum absolute atomic E-state index is 5.20. The Labute approximate surface area is 307 Å². The molecule has 0 unspecified atom stereocenters. The third kappa shape index (κ3) is 4.30. The molecule has 0 atom stereocenters. The molecule has 0 saturated heterocycles. The van der Waals surface area contributed by atoms with Crippen molar-refractivity contribution in [3.05, 3.63) is 181 Å². The summed E-state index contributed by atoms with van der Waals surface area (Å²) in [5.74, 6) is 1.54. The standard InChI is InChI=1S/C49H34N4/c1-49(2)39-20-10-6-16-34(39)37-28-29-44-46(47(37)49)38-19-9-13-23-43(38)52(44)33-26-24-31(25-27-33)40-30-45(51-48(50-40)32-14-4-3-5-15-32)53-41-21-11-7-17-35(41)36-18-8-12-22-42(36)53/h3-30H,1-2H3. The molecule has 0 saturated carbocycles. The maximum Gasteiger partial charge on any atom is 0.162 e. The van der Waals surface area contributed by atoms with Crippen LogP contribution in [0.1, 0.15) is 25.0 Å². The predicted molar refractivity (Wildman–Crippen MR) is 219 cm³/mol. The zero-order valence-corrected chi connectivity index (χ0v) is 29.5. The third-order valence-electron chi connectivity index (χ3n) is 11.3. The van der Waals surface area contributed by atoms with E-state index < -0.39 is 0 Å². The zero-order chi connectivity index (χ0) is 35.3. The minimum Gasteiger partial charge on any atom is -0.309 e. The molecule has 4 heteroatoms. The first-order chi connectivity index (χ1) is 26.1. The highest BCUT2D eigenvalue weighted by molar-refractivity contribution is 6.14. The second kappa shape index (κ2) is 11.1. The van der Waals surface area contributed by atoms with Crippen molar-refractivity contribution in [2.24, 2.45) is 0 Å². The first-order valence-corrected chi connectivity index (χ1v) is 18.3. The van der Waals surface area contributed by atoms with Gasteiger partial charge in [-0.2, -0.15) is 0 Å². The third-order valence-corrected chi connectivity index (χ3v) is 11.3. The predicted octanol–water partition coefficient (Wildman–Crippen LogP) is 12.3. The van der Waals surface area contributed by atoms with Crippen LogP contribution < -0.4 is 0 Å². The van der Waals surface area contributed by atoms with Crippen LogP contribution in [0.2, 0.25) is 0 Å². The molecule has 0 aliphatic heterocycles. The van der Waals surface area contributed by atoms with E-state index in [1.807, 2.05) is 18.2 Å². The average Bonchev–Trinajstić information content (AvgIpc) is 3.81. The second-order valence-corrected chi connectivity index (χ2v) is 14.6. The van der Waals surface area contributed by atoms with E-state index in [1.54, 1.807) is 0 Å². The van der Waals surface area contributed by atoms with Crippen molar-refractivity contribution in [1.29, 1.82) is 0 Å². The molecule has 1 aliphatic rings. The molecule has 4 nitrogen and oxygen atoms in total. The van der Waals surface area contributed by atoms with Crippen LogP contribution in [-0.2, 0) is 5.41 Å². The van der Waals surface area contributed by atoms with Crippen molar-refractivity contribution in [2.45, 2.75) is 19.3 Å². The quantitative estimate of drug-likeness (QED) is 0.186. The van der Waals surface area contributed by atoms with Gasteiger partial charge in [0.05, 0.1) is 27.8 Å². The van der Waals surface area contributed by atoms with Crippen molar-refractivity contribution in [3.8, 4) is 45.3 Å². The largest absolute Gasteiger partial charge is 0.309 e. The van der Waals surface area contributed by atoms with Gasteiger partial charge in [-0.25, -0.2) is 9.97 Å². The van der Waals surface area contributed by atoms with Crippen LogP contribution in [0.4, 0.5) is 0 Å². The summed E-state index contributed by atoms with van der Waals surface area (Å²) in [6.45, 7) is 4.74. The van der Waals surface area contributed by atoms with Gasteiger partial charge in [-0.15, -0.1) is 0 Å². The fourth-order valence-corrected chi connectivity index (χ4v) is 8.97. The fourth-order valence-electron chi connectivity index (χ4n) is 8.97. The Morgan fingerprint density at radius 1 is 0.453 bits per heavy atom. The lowest BCUT2D eigenvalue weighted by atomic mass is 9.80. The Kier molecular flexibility index (Phi) is 6.27. The molecular formula is C49H34N4. The molecule has 53 heavy (non-hydrogen) atoms. The molecule has 1 aliphatic carbocycles. The molecule has 0 N–H and O–H groups in total. The van der Waals surface area contributed by atoms with Gasteiger partial charge in [0.25, 0.3) is 0 Å². The van der Waals surface area contributed by atoms with Crippen LogP contribution in [0.3, 0.4) is 0 Å². The monoisotopic (exact) mass is 678 g/mol. The summed E-state index contributed by atoms with van der Waals surface area (Å²) in [6.07, 6.45) is 0. The molecule has 10 aromatic rings. The topological polar surface area (TPSA) is 35.6 Å². The Bertz CT molecular complexity index is 3020. The summed E-state index contributed by atoms with van der Waals surface area (Å²) in [5, 5.41) is 5.03. The highest BCUT2D eigenvalue weighted by atomic mass is 15.1. The number of nitrogens with zero attached hydrogens (tertiary/aromatic N) is 4. The highest BCUT2D eigenvalue weighted by Gasteiger charge is 2.38. The van der Waals surface area contributed by atoms with E-state index in [4.69, 9.17) is 9.97 Å². The molecule has 7 aromatic carbocycles. The molecule has 11 rings (SSSR count). The molecule has 3 aromatic heterocycles. The summed E-state index contributed by atoms with van der Waals surface area (Å²) >= 11 is 0. The summed E-state index contributed by atoms with van der Waals surface area (Å²) in [6, 6.07) is 60.8. The van der Waals surface area contributed by atoms with E-state index in [0.717, 1.165) is 39.4 Å². The Hall–Kier alpha value is -6.78. The minimum atomic E-state index is -0.109. The van der Waals surface area contributed by atoms with Crippen LogP contribution in [-0.4, -0.2) is 19.1 Å². The van der Waals surface area contributed by atoms with Crippen LogP contribution in [0.25, 0.3) is 88.9 Å². The van der Waals surface area contributed by atoms with Gasteiger partial charge in [-0.3, -0.25) is 4.57 Å². The van der Waals surface area contributed by atoms with E-state index in [9.17, 15) is 0 Å². The Morgan fingerprint density at radius 2 is 1.06 bits per heavy atom. The molecule has 0 bridgehead atoms. The van der Waals surface area contributed by atoms with Gasteiger partial charge in [0.2, 0.25) is 0 Å². The molecular weight excluding hydrogens is 645 g/mol. The van der Waals surface area contributed by atoms with Gasteiger partial charge in [0, 0.05) is 49.8 Å². The van der Waals surface area contributed by atoms with Crippen molar-refractivity contribution in [1.82, 2.24) is 19.1 Å². The summed E-state index contributed by atoms with van der Waals surface area (Å²) in [5.41, 5.74) is 14.1. The number of hydrogen-bond acceptors (Lipinski definition) is 2. The van der Waals surface area contributed by atoms with E-state index in [-0.39, 0.29) is 5.41 Å². The van der Waals surface area contributed by atoms with Gasteiger partial charge in [0.15, 0.2) is 5.82 Å². The Balaban J connectivity index is 1.09. The summed E-state index contributed by atoms with van der Waals surface area (Å²) < 4.78 is 4.69.